The number of aryl methyl sites for hydroxylation is 1. The molecule has 0 spiro atoms. The van der Waals surface area contributed by atoms with Gasteiger partial charge in [0.15, 0.2) is 11.5 Å². The zero-order valence-corrected chi connectivity index (χ0v) is 15.5. The lowest BCUT2D eigenvalue weighted by molar-refractivity contribution is 0.0736. The monoisotopic (exact) mass is 367 g/mol. The van der Waals surface area contributed by atoms with Crippen LogP contribution in [0.3, 0.4) is 0 Å². The summed E-state index contributed by atoms with van der Waals surface area (Å²) in [4.78, 5) is 32.9. The molecule has 1 aliphatic rings. The number of aromatic amines is 2. The Balaban J connectivity index is 1.69. The average Bonchev–Trinajstić information content (AvgIpc) is 3.15. The minimum atomic E-state index is -0.260. The van der Waals surface area contributed by atoms with Gasteiger partial charge in [-0.1, -0.05) is 0 Å². The molecule has 2 N–H and O–H groups in total. The number of nitrogens with one attached hydrogen (secondary N) is 2. The first kappa shape index (κ1) is 17.2. The zero-order chi connectivity index (χ0) is 19.1. The summed E-state index contributed by atoms with van der Waals surface area (Å²) in [5.74, 6) is 1.18. The summed E-state index contributed by atoms with van der Waals surface area (Å²) in [5.41, 5.74) is 3.90. The lowest BCUT2D eigenvalue weighted by Gasteiger charge is -2.29. The Kier molecular flexibility index (Phi) is 4.14. The first-order valence-corrected chi connectivity index (χ1v) is 8.76. The molecule has 0 bridgehead atoms. The molecule has 0 atom stereocenters. The van der Waals surface area contributed by atoms with Gasteiger partial charge in [-0.05, 0) is 42.2 Å². The van der Waals surface area contributed by atoms with E-state index in [0.29, 0.717) is 41.1 Å². The van der Waals surface area contributed by atoms with E-state index in [-0.39, 0.29) is 11.5 Å². The first-order chi connectivity index (χ1) is 13.0. The Labute approximate surface area is 155 Å². The smallest absolute Gasteiger partial charge is 0.258 e. The van der Waals surface area contributed by atoms with Crippen LogP contribution in [-0.2, 0) is 13.0 Å². The van der Waals surface area contributed by atoms with Gasteiger partial charge < -0.3 is 24.3 Å². The SMILES string of the molecule is COc1cc2c(cc1OC)CN(C(=O)c1c[nH]c3c(C)c[nH]c(=O)c13)CC2. The third-order valence-corrected chi connectivity index (χ3v) is 5.16. The van der Waals surface area contributed by atoms with Crippen LogP contribution < -0.4 is 15.0 Å². The van der Waals surface area contributed by atoms with Crippen molar-refractivity contribution in [2.45, 2.75) is 19.9 Å². The molecular formula is C20H21N3O4. The number of ether oxygens (including phenoxy) is 2. The molecule has 1 aromatic carbocycles. The summed E-state index contributed by atoms with van der Waals surface area (Å²) in [7, 11) is 3.20. The number of methoxy groups -OCH3 is 2. The quantitative estimate of drug-likeness (QED) is 0.744. The molecule has 140 valence electrons. The molecule has 0 radical (unpaired) electrons. The minimum Gasteiger partial charge on any atom is -0.493 e. The van der Waals surface area contributed by atoms with Gasteiger partial charge in [0.05, 0.1) is 30.7 Å². The summed E-state index contributed by atoms with van der Waals surface area (Å²) in [5, 5.41) is 0.415. The molecule has 2 aromatic heterocycles. The second-order valence-electron chi connectivity index (χ2n) is 6.71. The van der Waals surface area contributed by atoms with Crippen molar-refractivity contribution in [3.63, 3.8) is 0 Å². The summed E-state index contributed by atoms with van der Waals surface area (Å²) in [6.07, 6.45) is 3.99. The number of rotatable bonds is 3. The highest BCUT2D eigenvalue weighted by atomic mass is 16.5. The Morgan fingerprint density at radius 3 is 2.48 bits per heavy atom. The van der Waals surface area contributed by atoms with Crippen molar-refractivity contribution in [3.8, 4) is 11.5 Å². The third-order valence-electron chi connectivity index (χ3n) is 5.16. The van der Waals surface area contributed by atoms with Gasteiger partial charge in [0.25, 0.3) is 11.5 Å². The van der Waals surface area contributed by atoms with Crippen LogP contribution in [0.4, 0.5) is 0 Å². The Morgan fingerprint density at radius 1 is 1.07 bits per heavy atom. The number of hydrogen-bond acceptors (Lipinski definition) is 4. The normalized spacial score (nSPS) is 13.5. The van der Waals surface area contributed by atoms with Crippen LogP contribution in [0.1, 0.15) is 27.0 Å². The third kappa shape index (κ3) is 2.75. The number of fused-ring (bicyclic) bond motifs is 2. The molecule has 4 rings (SSSR count). The maximum absolute atomic E-state index is 13.1. The highest BCUT2D eigenvalue weighted by Crippen LogP contribution is 2.33. The number of nitrogens with zero attached hydrogens (tertiary/aromatic N) is 1. The van der Waals surface area contributed by atoms with Gasteiger partial charge in [0.2, 0.25) is 0 Å². The van der Waals surface area contributed by atoms with Crippen LogP contribution in [0.25, 0.3) is 10.9 Å². The lowest BCUT2D eigenvalue weighted by Crippen LogP contribution is -2.36. The summed E-state index contributed by atoms with van der Waals surface area (Å²) in [6, 6.07) is 3.88. The first-order valence-electron chi connectivity index (χ1n) is 8.76. The van der Waals surface area contributed by atoms with Gasteiger partial charge >= 0.3 is 0 Å². The zero-order valence-electron chi connectivity index (χ0n) is 15.5. The van der Waals surface area contributed by atoms with E-state index in [0.717, 1.165) is 23.1 Å². The number of aromatic nitrogens is 2. The minimum absolute atomic E-state index is 0.155. The van der Waals surface area contributed by atoms with E-state index in [9.17, 15) is 9.59 Å². The number of carbonyl (C=O) groups is 1. The Morgan fingerprint density at radius 2 is 1.78 bits per heavy atom. The number of pyridine rings is 1. The van der Waals surface area contributed by atoms with Gasteiger partial charge in [0.1, 0.15) is 0 Å². The number of carbonyl (C=O) groups excluding carboxylic acids is 1. The number of hydrogen-bond donors (Lipinski definition) is 2. The number of amides is 1. The molecule has 0 fully saturated rings. The molecule has 0 saturated carbocycles. The van der Waals surface area contributed by atoms with Gasteiger partial charge in [-0.2, -0.15) is 0 Å². The molecule has 0 saturated heterocycles. The molecule has 1 aliphatic heterocycles. The van der Waals surface area contributed by atoms with Crippen LogP contribution in [0, 0.1) is 6.92 Å². The fraction of sp³-hybridized carbons (Fsp3) is 0.300. The predicted octanol–water partition coefficient (Wildman–Crippen LogP) is 2.38. The second-order valence-corrected chi connectivity index (χ2v) is 6.71. The molecule has 3 aromatic rings. The molecule has 7 heteroatoms. The van der Waals surface area contributed by atoms with Crippen LogP contribution in [0.15, 0.2) is 29.3 Å². The van der Waals surface area contributed by atoms with E-state index in [1.165, 1.54) is 0 Å². The van der Waals surface area contributed by atoms with E-state index in [4.69, 9.17) is 9.47 Å². The molecule has 0 aliphatic carbocycles. The number of H-pyrrole nitrogens is 2. The van der Waals surface area contributed by atoms with E-state index in [2.05, 4.69) is 9.97 Å². The van der Waals surface area contributed by atoms with Crippen LogP contribution in [0.2, 0.25) is 0 Å². The largest absolute Gasteiger partial charge is 0.493 e. The van der Waals surface area contributed by atoms with E-state index < -0.39 is 0 Å². The van der Waals surface area contributed by atoms with Crippen molar-refractivity contribution in [1.29, 1.82) is 0 Å². The maximum Gasteiger partial charge on any atom is 0.258 e. The fourth-order valence-corrected chi connectivity index (χ4v) is 3.68. The summed E-state index contributed by atoms with van der Waals surface area (Å²) in [6.45, 7) is 2.93. The molecule has 1 amide bonds. The Bertz CT molecular complexity index is 1100. The van der Waals surface area contributed by atoms with Crippen molar-refractivity contribution in [3.05, 3.63) is 57.1 Å². The summed E-state index contributed by atoms with van der Waals surface area (Å²) >= 11 is 0. The van der Waals surface area contributed by atoms with Crippen molar-refractivity contribution >= 4 is 16.8 Å². The lowest BCUT2D eigenvalue weighted by atomic mass is 9.98. The topological polar surface area (TPSA) is 87.4 Å². The van der Waals surface area contributed by atoms with Crippen LogP contribution in [0.5, 0.6) is 11.5 Å². The molecule has 0 unspecified atom stereocenters. The van der Waals surface area contributed by atoms with Crippen molar-refractivity contribution in [2.24, 2.45) is 0 Å². The van der Waals surface area contributed by atoms with Crippen LogP contribution in [-0.4, -0.2) is 41.5 Å². The van der Waals surface area contributed by atoms with Gasteiger partial charge in [-0.3, -0.25) is 9.59 Å². The van der Waals surface area contributed by atoms with E-state index in [1.807, 2.05) is 19.1 Å². The summed E-state index contributed by atoms with van der Waals surface area (Å²) < 4.78 is 10.7. The standard InChI is InChI=1S/C20H21N3O4/c1-11-8-22-19(24)17-14(9-21-18(11)17)20(25)23-5-4-12-6-15(26-2)16(27-3)7-13(12)10-23/h6-9,21H,4-5,10H2,1-3H3,(H,22,24). The maximum atomic E-state index is 13.1. The van der Waals surface area contributed by atoms with Gasteiger partial charge in [-0.15, -0.1) is 0 Å². The van der Waals surface area contributed by atoms with Gasteiger partial charge in [0, 0.05) is 25.5 Å². The average molecular weight is 367 g/mol. The van der Waals surface area contributed by atoms with Crippen molar-refractivity contribution in [2.75, 3.05) is 20.8 Å². The second kappa shape index (κ2) is 6.50. The molecular weight excluding hydrogens is 346 g/mol. The number of benzene rings is 1. The van der Waals surface area contributed by atoms with Gasteiger partial charge in [-0.25, -0.2) is 0 Å². The van der Waals surface area contributed by atoms with Crippen molar-refractivity contribution in [1.82, 2.24) is 14.9 Å². The Hall–Kier alpha value is -3.22. The predicted molar refractivity (Wildman–Crippen MR) is 102 cm³/mol. The van der Waals surface area contributed by atoms with Crippen LogP contribution >= 0.6 is 0 Å². The highest BCUT2D eigenvalue weighted by molar-refractivity contribution is 6.07. The molecule has 27 heavy (non-hydrogen) atoms. The van der Waals surface area contributed by atoms with E-state index in [1.54, 1.807) is 31.5 Å². The highest BCUT2D eigenvalue weighted by Gasteiger charge is 2.26. The fourth-order valence-electron chi connectivity index (χ4n) is 3.68. The van der Waals surface area contributed by atoms with E-state index >= 15 is 0 Å². The molecule has 7 nitrogen and oxygen atoms in total. The van der Waals surface area contributed by atoms with Crippen molar-refractivity contribution < 1.29 is 14.3 Å². The molecule has 3 heterocycles.